The van der Waals surface area contributed by atoms with Crippen LogP contribution in [0.15, 0.2) is 12.1 Å². The Labute approximate surface area is 106 Å². The number of ether oxygens (including phenoxy) is 1. The highest BCUT2D eigenvalue weighted by Crippen LogP contribution is 2.35. The predicted molar refractivity (Wildman–Crippen MR) is 67.6 cm³/mol. The van der Waals surface area contributed by atoms with E-state index in [1.54, 1.807) is 12.1 Å². The van der Waals surface area contributed by atoms with E-state index in [1.165, 1.54) is 0 Å². The van der Waals surface area contributed by atoms with E-state index in [4.69, 9.17) is 27.2 Å². The number of hydrogen-bond acceptors (Lipinski definition) is 4. The maximum atomic E-state index is 9.67. The van der Waals surface area contributed by atoms with Crippen molar-refractivity contribution < 1.29 is 14.9 Å². The molecule has 17 heavy (non-hydrogen) atoms. The van der Waals surface area contributed by atoms with Crippen molar-refractivity contribution in [3.8, 4) is 11.5 Å². The van der Waals surface area contributed by atoms with Crippen molar-refractivity contribution in [2.75, 3.05) is 19.8 Å². The molecule has 0 bridgehead atoms. The first-order chi connectivity index (χ1) is 8.12. The second-order valence-corrected chi connectivity index (χ2v) is 4.25. The Morgan fingerprint density at radius 2 is 2.18 bits per heavy atom. The highest BCUT2D eigenvalue weighted by molar-refractivity contribution is 6.32. The zero-order valence-electron chi connectivity index (χ0n) is 9.82. The van der Waals surface area contributed by atoms with Gasteiger partial charge >= 0.3 is 0 Å². The van der Waals surface area contributed by atoms with Crippen LogP contribution in [0.25, 0.3) is 0 Å². The van der Waals surface area contributed by atoms with Crippen molar-refractivity contribution in [1.29, 1.82) is 0 Å². The number of hydrogen-bond donors (Lipinski definition) is 3. The number of benzene rings is 1. The molecule has 1 unspecified atom stereocenters. The average Bonchev–Trinajstić information content (AvgIpc) is 2.32. The number of halogens is 1. The summed E-state index contributed by atoms with van der Waals surface area (Å²) in [5, 5.41) is 19.0. The molecule has 96 valence electrons. The molecule has 1 rings (SSSR count). The molecule has 1 atom stereocenters. The molecule has 1 aromatic carbocycles. The van der Waals surface area contributed by atoms with Crippen LogP contribution < -0.4 is 10.5 Å². The fourth-order valence-corrected chi connectivity index (χ4v) is 1.80. The zero-order valence-corrected chi connectivity index (χ0v) is 10.6. The summed E-state index contributed by atoms with van der Waals surface area (Å²) in [5.74, 6) is 0.305. The van der Waals surface area contributed by atoms with E-state index < -0.39 is 0 Å². The maximum Gasteiger partial charge on any atom is 0.176 e. The molecule has 0 aliphatic carbocycles. The molecule has 0 fully saturated rings. The van der Waals surface area contributed by atoms with Crippen LogP contribution in [-0.4, -0.2) is 30.0 Å². The molecule has 0 amide bonds. The van der Waals surface area contributed by atoms with Crippen LogP contribution in [0.1, 0.15) is 12.5 Å². The van der Waals surface area contributed by atoms with E-state index in [-0.39, 0.29) is 23.3 Å². The van der Waals surface area contributed by atoms with Crippen LogP contribution in [0.2, 0.25) is 5.02 Å². The molecule has 4 N–H and O–H groups in total. The highest BCUT2D eigenvalue weighted by Gasteiger charge is 2.12. The van der Waals surface area contributed by atoms with Crippen molar-refractivity contribution in [1.82, 2.24) is 0 Å². The lowest BCUT2D eigenvalue weighted by atomic mass is 10.00. The van der Waals surface area contributed by atoms with Crippen molar-refractivity contribution >= 4 is 11.6 Å². The smallest absolute Gasteiger partial charge is 0.176 e. The number of rotatable bonds is 6. The van der Waals surface area contributed by atoms with Gasteiger partial charge in [0.05, 0.1) is 11.6 Å². The second-order valence-electron chi connectivity index (χ2n) is 3.85. The summed E-state index contributed by atoms with van der Waals surface area (Å²) in [6.07, 6.45) is 0.604. The fraction of sp³-hybridized carbons (Fsp3) is 0.500. The lowest BCUT2D eigenvalue weighted by Gasteiger charge is -2.14. The van der Waals surface area contributed by atoms with Gasteiger partial charge in [-0.3, -0.25) is 0 Å². The Bertz CT molecular complexity index is 367. The largest absolute Gasteiger partial charge is 0.503 e. The summed E-state index contributed by atoms with van der Waals surface area (Å²) >= 11 is 5.90. The van der Waals surface area contributed by atoms with Gasteiger partial charge in [-0.2, -0.15) is 0 Å². The van der Waals surface area contributed by atoms with Crippen LogP contribution in [0, 0.1) is 5.92 Å². The molecule has 0 aromatic heterocycles. The minimum atomic E-state index is -0.0504. The number of phenols is 1. The lowest BCUT2D eigenvalue weighted by Crippen LogP contribution is -2.20. The highest BCUT2D eigenvalue weighted by atomic mass is 35.5. The maximum absolute atomic E-state index is 9.67. The summed E-state index contributed by atoms with van der Waals surface area (Å²) in [4.78, 5) is 0. The summed E-state index contributed by atoms with van der Waals surface area (Å²) in [6.45, 7) is 2.71. The Balaban J connectivity index is 2.93. The summed E-state index contributed by atoms with van der Waals surface area (Å²) in [5.41, 5.74) is 6.41. The molecule has 0 aliphatic rings. The lowest BCUT2D eigenvalue weighted by molar-refractivity contribution is 0.229. The van der Waals surface area contributed by atoms with Crippen molar-refractivity contribution in [3.63, 3.8) is 0 Å². The third-order valence-electron chi connectivity index (χ3n) is 2.50. The average molecular weight is 260 g/mol. The van der Waals surface area contributed by atoms with Gasteiger partial charge in [-0.05, 0) is 43.5 Å². The molecule has 0 aliphatic heterocycles. The first kappa shape index (κ1) is 14.1. The summed E-state index contributed by atoms with van der Waals surface area (Å²) in [7, 11) is 0. The van der Waals surface area contributed by atoms with Crippen LogP contribution in [0.3, 0.4) is 0 Å². The van der Waals surface area contributed by atoms with Gasteiger partial charge in [0.1, 0.15) is 0 Å². The first-order valence-corrected chi connectivity index (χ1v) is 5.95. The Kier molecular flexibility index (Phi) is 5.55. The van der Waals surface area contributed by atoms with E-state index in [0.29, 0.717) is 25.3 Å². The monoisotopic (exact) mass is 259 g/mol. The van der Waals surface area contributed by atoms with Crippen molar-refractivity contribution in [2.45, 2.75) is 13.3 Å². The Hall–Kier alpha value is -0.970. The summed E-state index contributed by atoms with van der Waals surface area (Å²) in [6, 6.07) is 3.39. The molecule has 0 radical (unpaired) electrons. The normalized spacial score (nSPS) is 12.5. The number of phenolic OH excluding ortho intramolecular Hbond substituents is 1. The number of aromatic hydroxyl groups is 1. The molecule has 0 spiro atoms. The number of aliphatic hydroxyl groups is 1. The van der Waals surface area contributed by atoms with Crippen molar-refractivity contribution in [2.24, 2.45) is 11.7 Å². The predicted octanol–water partition coefficient (Wildman–Crippen LogP) is 1.55. The van der Waals surface area contributed by atoms with E-state index in [2.05, 4.69) is 0 Å². The van der Waals surface area contributed by atoms with E-state index >= 15 is 0 Å². The van der Waals surface area contributed by atoms with Crippen molar-refractivity contribution in [3.05, 3.63) is 22.7 Å². The first-order valence-electron chi connectivity index (χ1n) is 5.57. The Morgan fingerprint density at radius 3 is 2.71 bits per heavy atom. The van der Waals surface area contributed by atoms with Gasteiger partial charge in [-0.1, -0.05) is 11.6 Å². The molecule has 0 saturated carbocycles. The quantitative estimate of drug-likeness (QED) is 0.725. The SMILES string of the molecule is CCOc1cc(CC(CN)CO)cc(Cl)c1O. The van der Waals surface area contributed by atoms with Gasteiger partial charge in [0.2, 0.25) is 0 Å². The standard InChI is InChI=1S/C12H18ClNO3/c1-2-17-11-5-8(3-9(6-14)7-15)4-10(13)12(11)16/h4-5,9,15-16H,2-3,6-7,14H2,1H3. The molecule has 4 nitrogen and oxygen atoms in total. The number of aliphatic hydroxyl groups excluding tert-OH is 1. The molecule has 0 heterocycles. The number of nitrogens with two attached hydrogens (primary N) is 1. The Morgan fingerprint density at radius 1 is 1.47 bits per heavy atom. The van der Waals surface area contributed by atoms with Crippen LogP contribution >= 0.6 is 11.6 Å². The van der Waals surface area contributed by atoms with E-state index in [9.17, 15) is 5.11 Å². The van der Waals surface area contributed by atoms with Gasteiger partial charge in [0.15, 0.2) is 11.5 Å². The second kappa shape index (κ2) is 6.69. The molecule has 5 heteroatoms. The van der Waals surface area contributed by atoms with Gasteiger partial charge in [0, 0.05) is 6.61 Å². The third-order valence-corrected chi connectivity index (χ3v) is 2.79. The molecular weight excluding hydrogens is 242 g/mol. The van der Waals surface area contributed by atoms with Gasteiger partial charge in [-0.15, -0.1) is 0 Å². The van der Waals surface area contributed by atoms with Gasteiger partial charge < -0.3 is 20.7 Å². The van der Waals surface area contributed by atoms with Gasteiger partial charge in [0.25, 0.3) is 0 Å². The topological polar surface area (TPSA) is 75.7 Å². The van der Waals surface area contributed by atoms with Gasteiger partial charge in [-0.25, -0.2) is 0 Å². The zero-order chi connectivity index (χ0) is 12.8. The minimum Gasteiger partial charge on any atom is -0.503 e. The fourth-order valence-electron chi connectivity index (χ4n) is 1.57. The van der Waals surface area contributed by atoms with Crippen LogP contribution in [0.5, 0.6) is 11.5 Å². The minimum absolute atomic E-state index is 0.00918. The van der Waals surface area contributed by atoms with E-state index in [1.807, 2.05) is 6.92 Å². The molecule has 0 saturated heterocycles. The molecule has 1 aromatic rings. The van der Waals surface area contributed by atoms with Crippen LogP contribution in [0.4, 0.5) is 0 Å². The van der Waals surface area contributed by atoms with E-state index in [0.717, 1.165) is 5.56 Å². The summed E-state index contributed by atoms with van der Waals surface area (Å²) < 4.78 is 5.28. The van der Waals surface area contributed by atoms with Crippen LogP contribution in [-0.2, 0) is 6.42 Å². The molecular formula is C12H18ClNO3. The third kappa shape index (κ3) is 3.77.